The first-order valence-electron chi connectivity index (χ1n) is 6.68. The quantitative estimate of drug-likeness (QED) is 0.761. The maximum atomic E-state index is 11.7. The minimum absolute atomic E-state index is 0.143. The van der Waals surface area contributed by atoms with Gasteiger partial charge in [-0.15, -0.1) is 0 Å². The molecule has 1 heterocycles. The molecule has 21 heavy (non-hydrogen) atoms. The summed E-state index contributed by atoms with van der Waals surface area (Å²) in [4.78, 5) is 36.3. The van der Waals surface area contributed by atoms with Gasteiger partial charge in [-0.3, -0.25) is 19.4 Å². The molecule has 0 aliphatic heterocycles. The highest BCUT2D eigenvalue weighted by atomic mass is 16.4. The van der Waals surface area contributed by atoms with Gasteiger partial charge in [0, 0.05) is 31.3 Å². The van der Waals surface area contributed by atoms with E-state index in [9.17, 15) is 14.4 Å². The van der Waals surface area contributed by atoms with E-state index >= 15 is 0 Å². The molecule has 1 fully saturated rings. The lowest BCUT2D eigenvalue weighted by atomic mass is 10.2. The third-order valence-corrected chi connectivity index (χ3v) is 2.70. The summed E-state index contributed by atoms with van der Waals surface area (Å²) in [5.41, 5.74) is 0.728. The minimum atomic E-state index is -0.745. The topological polar surface area (TPSA) is 108 Å². The molecule has 0 saturated heterocycles. The summed E-state index contributed by atoms with van der Waals surface area (Å²) in [7, 11) is 1.53. The Kier molecular flexibility index (Phi) is 6.32. The number of nitrogens with zero attached hydrogens (tertiary/aromatic N) is 1. The van der Waals surface area contributed by atoms with Crippen molar-refractivity contribution >= 4 is 17.8 Å². The zero-order chi connectivity index (χ0) is 15.8. The van der Waals surface area contributed by atoms with Gasteiger partial charge in [-0.05, 0) is 25.0 Å². The van der Waals surface area contributed by atoms with Gasteiger partial charge in [0.1, 0.15) is 5.69 Å². The van der Waals surface area contributed by atoms with E-state index in [2.05, 4.69) is 15.6 Å². The molecule has 1 saturated carbocycles. The van der Waals surface area contributed by atoms with Crippen LogP contribution >= 0.6 is 0 Å². The Morgan fingerprint density at radius 1 is 1.33 bits per heavy atom. The lowest BCUT2D eigenvalue weighted by Gasteiger charge is -2.04. The molecular formula is C14H19N3O4. The highest BCUT2D eigenvalue weighted by Gasteiger charge is 2.24. The van der Waals surface area contributed by atoms with Crippen molar-refractivity contribution in [2.24, 2.45) is 0 Å². The fraction of sp³-hybridized carbons (Fsp3) is 0.429. The van der Waals surface area contributed by atoms with Crippen LogP contribution in [0.3, 0.4) is 0 Å². The van der Waals surface area contributed by atoms with Gasteiger partial charge in [-0.2, -0.15) is 0 Å². The first kappa shape index (κ1) is 16.6. The number of carboxylic acid groups (broad SMARTS) is 1. The molecule has 0 bridgehead atoms. The van der Waals surface area contributed by atoms with Crippen molar-refractivity contribution in [1.29, 1.82) is 0 Å². The van der Waals surface area contributed by atoms with Gasteiger partial charge in [0.05, 0.1) is 0 Å². The number of rotatable bonds is 4. The number of hydrogen-bond donors (Lipinski definition) is 3. The molecule has 3 N–H and O–H groups in total. The maximum absolute atomic E-state index is 11.7. The SMILES string of the molecule is CCC(=O)O.CNC(=O)c1cc(C(=O)NC2CC2)ccn1. The number of carbonyl (C=O) groups is 3. The predicted octanol–water partition coefficient (Wildman–Crippen LogP) is 0.814. The minimum Gasteiger partial charge on any atom is -0.481 e. The third-order valence-electron chi connectivity index (χ3n) is 2.70. The highest BCUT2D eigenvalue weighted by molar-refractivity contribution is 5.98. The molecule has 2 rings (SSSR count). The number of hydrogen-bond acceptors (Lipinski definition) is 4. The van der Waals surface area contributed by atoms with Crippen LogP contribution in [0.25, 0.3) is 0 Å². The lowest BCUT2D eigenvalue weighted by molar-refractivity contribution is -0.136. The van der Waals surface area contributed by atoms with E-state index in [0.717, 1.165) is 12.8 Å². The van der Waals surface area contributed by atoms with Crippen LogP contribution in [0, 0.1) is 0 Å². The number of aromatic nitrogens is 1. The van der Waals surface area contributed by atoms with E-state index in [0.29, 0.717) is 11.6 Å². The zero-order valence-electron chi connectivity index (χ0n) is 12.0. The summed E-state index contributed by atoms with van der Waals surface area (Å²) in [5.74, 6) is -1.18. The zero-order valence-corrected chi connectivity index (χ0v) is 12.0. The van der Waals surface area contributed by atoms with Crippen LogP contribution < -0.4 is 10.6 Å². The molecule has 1 aliphatic rings. The lowest BCUT2D eigenvalue weighted by Crippen LogP contribution is -2.26. The van der Waals surface area contributed by atoms with Crippen LogP contribution in [0.2, 0.25) is 0 Å². The number of nitrogens with one attached hydrogen (secondary N) is 2. The Morgan fingerprint density at radius 2 is 1.95 bits per heavy atom. The van der Waals surface area contributed by atoms with Gasteiger partial charge < -0.3 is 15.7 Å². The number of carboxylic acids is 1. The van der Waals surface area contributed by atoms with Crippen molar-refractivity contribution in [2.45, 2.75) is 32.2 Å². The van der Waals surface area contributed by atoms with Crippen LogP contribution in [-0.2, 0) is 4.79 Å². The second-order valence-corrected chi connectivity index (χ2v) is 4.50. The molecule has 1 aliphatic carbocycles. The second kappa shape index (κ2) is 7.98. The molecule has 0 spiro atoms. The maximum Gasteiger partial charge on any atom is 0.303 e. The van der Waals surface area contributed by atoms with Gasteiger partial charge in [-0.1, -0.05) is 6.92 Å². The van der Waals surface area contributed by atoms with Crippen molar-refractivity contribution in [3.8, 4) is 0 Å². The Balaban J connectivity index is 0.000000383. The predicted molar refractivity (Wildman–Crippen MR) is 76.0 cm³/mol. The Hall–Kier alpha value is -2.44. The summed E-state index contributed by atoms with van der Waals surface area (Å²) < 4.78 is 0. The highest BCUT2D eigenvalue weighted by Crippen LogP contribution is 2.19. The standard InChI is InChI=1S/C11H13N3O2.C3H6O2/c1-12-11(16)9-6-7(4-5-13-9)10(15)14-8-2-3-8;1-2-3(4)5/h4-6,8H,2-3H2,1H3,(H,12,16)(H,14,15);2H2,1H3,(H,4,5). The van der Waals surface area contributed by atoms with Crippen molar-refractivity contribution in [3.63, 3.8) is 0 Å². The smallest absolute Gasteiger partial charge is 0.303 e. The van der Waals surface area contributed by atoms with Crippen molar-refractivity contribution in [1.82, 2.24) is 15.6 Å². The molecule has 114 valence electrons. The van der Waals surface area contributed by atoms with Crippen LogP contribution in [-0.4, -0.2) is 41.0 Å². The monoisotopic (exact) mass is 293 g/mol. The van der Waals surface area contributed by atoms with E-state index < -0.39 is 5.97 Å². The van der Waals surface area contributed by atoms with E-state index in [1.54, 1.807) is 13.0 Å². The van der Waals surface area contributed by atoms with E-state index in [1.807, 2.05) is 0 Å². The fourth-order valence-corrected chi connectivity index (χ4v) is 1.32. The Bertz CT molecular complexity index is 527. The molecule has 1 aromatic heterocycles. The summed E-state index contributed by atoms with van der Waals surface area (Å²) in [6, 6.07) is 3.41. The molecule has 7 heteroatoms. The first-order valence-corrected chi connectivity index (χ1v) is 6.68. The van der Waals surface area contributed by atoms with Crippen molar-refractivity contribution in [2.75, 3.05) is 7.05 Å². The summed E-state index contributed by atoms with van der Waals surface area (Å²) in [6.45, 7) is 1.60. The van der Waals surface area contributed by atoms with Crippen molar-refractivity contribution in [3.05, 3.63) is 29.6 Å². The third kappa shape index (κ3) is 6.03. The van der Waals surface area contributed by atoms with E-state index in [4.69, 9.17) is 5.11 Å². The van der Waals surface area contributed by atoms with Crippen LogP contribution in [0.5, 0.6) is 0 Å². The molecule has 0 aromatic carbocycles. The Labute approximate surface area is 122 Å². The summed E-state index contributed by atoms with van der Waals surface area (Å²) >= 11 is 0. The largest absolute Gasteiger partial charge is 0.481 e. The summed E-state index contributed by atoms with van der Waals surface area (Å²) in [6.07, 6.45) is 3.77. The van der Waals surface area contributed by atoms with E-state index in [-0.39, 0.29) is 23.9 Å². The van der Waals surface area contributed by atoms with Crippen LogP contribution in [0.4, 0.5) is 0 Å². The fourth-order valence-electron chi connectivity index (χ4n) is 1.32. The van der Waals surface area contributed by atoms with Gasteiger partial charge >= 0.3 is 5.97 Å². The normalized spacial score (nSPS) is 12.7. The number of carbonyl (C=O) groups excluding carboxylic acids is 2. The molecule has 7 nitrogen and oxygen atoms in total. The molecule has 2 amide bonds. The van der Waals surface area contributed by atoms with Gasteiger partial charge in [0.2, 0.25) is 0 Å². The number of amides is 2. The summed E-state index contributed by atoms with van der Waals surface area (Å²) in [5, 5.41) is 13.0. The Morgan fingerprint density at radius 3 is 2.43 bits per heavy atom. The first-order chi connectivity index (χ1) is 9.97. The average molecular weight is 293 g/mol. The second-order valence-electron chi connectivity index (χ2n) is 4.50. The van der Waals surface area contributed by atoms with E-state index in [1.165, 1.54) is 19.3 Å². The molecule has 1 aromatic rings. The number of aliphatic carboxylic acids is 1. The van der Waals surface area contributed by atoms with Crippen LogP contribution in [0.1, 0.15) is 47.0 Å². The molecule has 0 radical (unpaired) electrons. The molecular weight excluding hydrogens is 274 g/mol. The van der Waals surface area contributed by atoms with Crippen LogP contribution in [0.15, 0.2) is 18.3 Å². The number of pyridine rings is 1. The molecule has 0 unspecified atom stereocenters. The van der Waals surface area contributed by atoms with Gasteiger partial charge in [0.25, 0.3) is 11.8 Å². The molecule has 0 atom stereocenters. The van der Waals surface area contributed by atoms with Crippen molar-refractivity contribution < 1.29 is 19.5 Å². The van der Waals surface area contributed by atoms with Gasteiger partial charge in [-0.25, -0.2) is 0 Å². The van der Waals surface area contributed by atoms with Gasteiger partial charge in [0.15, 0.2) is 0 Å². The average Bonchev–Trinajstić information content (AvgIpc) is 3.31.